The molecule has 0 spiro atoms. The third-order valence-corrected chi connectivity index (χ3v) is 2.60. The normalized spacial score (nSPS) is 10.6. The van der Waals surface area contributed by atoms with Crippen molar-refractivity contribution in [3.63, 3.8) is 0 Å². The molecule has 1 rings (SSSR count). The van der Waals surface area contributed by atoms with Gasteiger partial charge in [0.05, 0.1) is 0 Å². The van der Waals surface area contributed by atoms with Crippen LogP contribution in [0.2, 0.25) is 0 Å². The van der Waals surface area contributed by atoms with Crippen LogP contribution >= 0.6 is 31.9 Å². The Kier molecular flexibility index (Phi) is 3.69. The van der Waals surface area contributed by atoms with Crippen LogP contribution < -0.4 is 5.73 Å². The molecule has 13 heavy (non-hydrogen) atoms. The molecule has 68 valence electrons. The summed E-state index contributed by atoms with van der Waals surface area (Å²) in [6, 6.07) is 5.69. The van der Waals surface area contributed by atoms with Gasteiger partial charge in [0.15, 0.2) is 0 Å². The van der Waals surface area contributed by atoms with E-state index in [1.807, 2.05) is 18.2 Å². The molecule has 1 aromatic carbocycles. The maximum atomic E-state index is 10.5. The third kappa shape index (κ3) is 3.32. The fraction of sp³-hybridized carbons (Fsp3) is 0. The number of rotatable bonds is 2. The van der Waals surface area contributed by atoms with Crippen LogP contribution in [0.4, 0.5) is 0 Å². The molecule has 2 nitrogen and oxygen atoms in total. The number of amides is 1. The van der Waals surface area contributed by atoms with Gasteiger partial charge in [-0.05, 0) is 29.8 Å². The van der Waals surface area contributed by atoms with Gasteiger partial charge in [0, 0.05) is 15.0 Å². The van der Waals surface area contributed by atoms with E-state index >= 15 is 0 Å². The molecule has 0 fully saturated rings. The number of halogens is 2. The molecular weight excluding hydrogens is 298 g/mol. The van der Waals surface area contributed by atoms with Crippen LogP contribution in [0.1, 0.15) is 5.56 Å². The van der Waals surface area contributed by atoms with Crippen molar-refractivity contribution in [2.75, 3.05) is 0 Å². The fourth-order valence-corrected chi connectivity index (χ4v) is 1.57. The lowest BCUT2D eigenvalue weighted by atomic mass is 10.2. The summed E-state index contributed by atoms with van der Waals surface area (Å²) in [4.78, 5) is 10.5. The Morgan fingerprint density at radius 2 is 2.08 bits per heavy atom. The predicted molar refractivity (Wildman–Crippen MR) is 60.1 cm³/mol. The summed E-state index contributed by atoms with van der Waals surface area (Å²) in [5, 5.41) is 0. The average Bonchev–Trinajstić information content (AvgIpc) is 2.06. The Balaban J connectivity index is 3.00. The summed E-state index contributed by atoms with van der Waals surface area (Å²) < 4.78 is 1.88. The van der Waals surface area contributed by atoms with Gasteiger partial charge in [-0.1, -0.05) is 31.9 Å². The minimum absolute atomic E-state index is 0.452. The first-order valence-corrected chi connectivity index (χ1v) is 5.11. The van der Waals surface area contributed by atoms with Gasteiger partial charge in [0.2, 0.25) is 5.91 Å². The highest BCUT2D eigenvalue weighted by Gasteiger charge is 1.96. The van der Waals surface area contributed by atoms with E-state index in [9.17, 15) is 4.79 Å². The SMILES string of the molecule is NC(=O)/C=C\c1cc(Br)ccc1Br. The Labute approximate surface area is 93.1 Å². The van der Waals surface area contributed by atoms with Crippen molar-refractivity contribution in [3.8, 4) is 0 Å². The zero-order chi connectivity index (χ0) is 9.84. The Morgan fingerprint density at radius 1 is 1.38 bits per heavy atom. The van der Waals surface area contributed by atoms with Crippen LogP contribution in [0.15, 0.2) is 33.2 Å². The van der Waals surface area contributed by atoms with Crippen molar-refractivity contribution in [2.45, 2.75) is 0 Å². The Morgan fingerprint density at radius 3 is 2.69 bits per heavy atom. The smallest absolute Gasteiger partial charge is 0.241 e. The van der Waals surface area contributed by atoms with Crippen molar-refractivity contribution in [1.82, 2.24) is 0 Å². The highest BCUT2D eigenvalue weighted by atomic mass is 79.9. The van der Waals surface area contributed by atoms with E-state index in [4.69, 9.17) is 5.73 Å². The molecule has 0 saturated heterocycles. The van der Waals surface area contributed by atoms with Gasteiger partial charge in [0.25, 0.3) is 0 Å². The molecule has 0 atom stereocenters. The van der Waals surface area contributed by atoms with E-state index in [-0.39, 0.29) is 0 Å². The molecule has 2 N–H and O–H groups in total. The fourth-order valence-electron chi connectivity index (χ4n) is 0.814. The first kappa shape index (κ1) is 10.5. The minimum atomic E-state index is -0.452. The second-order valence-electron chi connectivity index (χ2n) is 2.40. The van der Waals surface area contributed by atoms with Crippen LogP contribution in [0.25, 0.3) is 6.08 Å². The number of primary amides is 1. The lowest BCUT2D eigenvalue weighted by Gasteiger charge is -1.98. The Bertz CT molecular complexity index is 361. The van der Waals surface area contributed by atoms with Gasteiger partial charge in [-0.3, -0.25) is 4.79 Å². The highest BCUT2D eigenvalue weighted by Crippen LogP contribution is 2.22. The lowest BCUT2D eigenvalue weighted by molar-refractivity contribution is -0.113. The quantitative estimate of drug-likeness (QED) is 0.839. The van der Waals surface area contributed by atoms with Crippen molar-refractivity contribution < 1.29 is 4.79 Å². The monoisotopic (exact) mass is 303 g/mol. The van der Waals surface area contributed by atoms with E-state index < -0.39 is 5.91 Å². The molecule has 0 aliphatic heterocycles. The average molecular weight is 305 g/mol. The van der Waals surface area contributed by atoms with Crippen LogP contribution in [-0.4, -0.2) is 5.91 Å². The standard InChI is InChI=1S/C9H7Br2NO/c10-7-2-3-8(11)6(5-7)1-4-9(12)13/h1-5H,(H2,12,13)/b4-1-. The molecule has 0 heterocycles. The summed E-state index contributed by atoms with van der Waals surface area (Å²) in [6.07, 6.45) is 2.99. The molecule has 4 heteroatoms. The maximum Gasteiger partial charge on any atom is 0.241 e. The van der Waals surface area contributed by atoms with Crippen molar-refractivity contribution in [3.05, 3.63) is 38.8 Å². The van der Waals surface area contributed by atoms with E-state index in [0.29, 0.717) is 0 Å². The number of hydrogen-bond donors (Lipinski definition) is 1. The summed E-state index contributed by atoms with van der Waals surface area (Å²) in [5.74, 6) is -0.452. The van der Waals surface area contributed by atoms with Gasteiger partial charge in [-0.25, -0.2) is 0 Å². The molecule has 0 unspecified atom stereocenters. The maximum absolute atomic E-state index is 10.5. The minimum Gasteiger partial charge on any atom is -0.366 e. The van der Waals surface area contributed by atoms with Crippen LogP contribution in [0.5, 0.6) is 0 Å². The van der Waals surface area contributed by atoms with Crippen molar-refractivity contribution >= 4 is 43.8 Å². The second-order valence-corrected chi connectivity index (χ2v) is 4.17. The van der Waals surface area contributed by atoms with Crippen molar-refractivity contribution in [2.24, 2.45) is 5.73 Å². The molecule has 0 aliphatic rings. The summed E-state index contributed by atoms with van der Waals surface area (Å²) in [6.45, 7) is 0. The summed E-state index contributed by atoms with van der Waals surface area (Å²) in [7, 11) is 0. The van der Waals surface area contributed by atoms with E-state index in [1.54, 1.807) is 6.08 Å². The Hall–Kier alpha value is -0.610. The molecule has 0 aliphatic carbocycles. The number of carbonyl (C=O) groups excluding carboxylic acids is 1. The van der Waals surface area contributed by atoms with Gasteiger partial charge >= 0.3 is 0 Å². The zero-order valence-corrected chi connectivity index (χ0v) is 9.80. The highest BCUT2D eigenvalue weighted by molar-refractivity contribution is 9.11. The van der Waals surface area contributed by atoms with Crippen LogP contribution in [-0.2, 0) is 4.79 Å². The van der Waals surface area contributed by atoms with Gasteiger partial charge in [0.1, 0.15) is 0 Å². The molecule has 0 saturated carbocycles. The number of carbonyl (C=O) groups is 1. The van der Waals surface area contributed by atoms with Crippen LogP contribution in [0, 0.1) is 0 Å². The van der Waals surface area contributed by atoms with E-state index in [2.05, 4.69) is 31.9 Å². The molecule has 0 bridgehead atoms. The predicted octanol–water partition coefficient (Wildman–Crippen LogP) is 2.71. The summed E-state index contributed by atoms with van der Waals surface area (Å²) >= 11 is 6.69. The largest absolute Gasteiger partial charge is 0.366 e. The molecular formula is C9H7Br2NO. The van der Waals surface area contributed by atoms with Gasteiger partial charge in [-0.2, -0.15) is 0 Å². The van der Waals surface area contributed by atoms with Gasteiger partial charge in [-0.15, -0.1) is 0 Å². The third-order valence-electron chi connectivity index (χ3n) is 1.39. The number of hydrogen-bond acceptors (Lipinski definition) is 1. The molecule has 1 amide bonds. The zero-order valence-electron chi connectivity index (χ0n) is 6.63. The van der Waals surface area contributed by atoms with E-state index in [0.717, 1.165) is 14.5 Å². The number of nitrogens with two attached hydrogens (primary N) is 1. The first-order chi connectivity index (χ1) is 6.09. The van der Waals surface area contributed by atoms with Crippen molar-refractivity contribution in [1.29, 1.82) is 0 Å². The summed E-state index contributed by atoms with van der Waals surface area (Å²) in [5.41, 5.74) is 5.89. The first-order valence-electron chi connectivity index (χ1n) is 3.52. The van der Waals surface area contributed by atoms with E-state index in [1.165, 1.54) is 6.08 Å². The molecule has 1 aromatic rings. The topological polar surface area (TPSA) is 43.1 Å². The molecule has 0 aromatic heterocycles. The van der Waals surface area contributed by atoms with Gasteiger partial charge < -0.3 is 5.73 Å². The molecule has 0 radical (unpaired) electrons. The van der Waals surface area contributed by atoms with Crippen LogP contribution in [0.3, 0.4) is 0 Å². The lowest BCUT2D eigenvalue weighted by Crippen LogP contribution is -2.05. The number of benzene rings is 1. The second kappa shape index (κ2) is 4.58.